The molecule has 2 nitrogen and oxygen atoms in total. The van der Waals surface area contributed by atoms with Crippen molar-refractivity contribution in [1.82, 2.24) is 0 Å². The third kappa shape index (κ3) is 2.97. The smallest absolute Gasteiger partial charge is 0.174 e. The summed E-state index contributed by atoms with van der Waals surface area (Å²) in [5.74, 6) is 0. The van der Waals surface area contributed by atoms with Gasteiger partial charge in [-0.15, -0.1) is 11.6 Å². The average Bonchev–Trinajstić information content (AvgIpc) is 1.93. The molecule has 0 N–H and O–H groups in total. The minimum Gasteiger partial charge on any atom is -0.351 e. The molecule has 11 heavy (non-hydrogen) atoms. The quantitative estimate of drug-likeness (QED) is 0.604. The van der Waals surface area contributed by atoms with Crippen molar-refractivity contribution in [2.24, 2.45) is 0 Å². The summed E-state index contributed by atoms with van der Waals surface area (Å²) in [7, 11) is 0. The molecule has 3 heteroatoms. The van der Waals surface area contributed by atoms with Gasteiger partial charge in [-0.25, -0.2) is 0 Å². The Labute approximate surface area is 72.8 Å². The molecular weight excluding hydrogens is 164 g/mol. The second-order valence-electron chi connectivity index (χ2n) is 3.08. The Balaban J connectivity index is 2.29. The molecule has 1 aliphatic heterocycles. The lowest BCUT2D eigenvalue weighted by Gasteiger charge is -2.28. The number of halogens is 1. The Kier molecular flexibility index (Phi) is 3.63. The zero-order chi connectivity index (χ0) is 8.27. The second kappa shape index (κ2) is 4.29. The van der Waals surface area contributed by atoms with E-state index in [-0.39, 0.29) is 17.8 Å². The molecule has 0 aromatic rings. The van der Waals surface area contributed by atoms with Gasteiger partial charge in [-0.1, -0.05) is 0 Å². The summed E-state index contributed by atoms with van der Waals surface area (Å²) >= 11 is 5.98. The van der Waals surface area contributed by atoms with Crippen LogP contribution in [-0.2, 0) is 9.47 Å². The van der Waals surface area contributed by atoms with E-state index >= 15 is 0 Å². The van der Waals surface area contributed by atoms with Crippen molar-refractivity contribution in [3.63, 3.8) is 0 Å². The zero-order valence-corrected chi connectivity index (χ0v) is 7.80. The standard InChI is InChI=1S/C8H15ClO2/c1-6(2)11-8-7(9)4-3-5-10-8/h6-8H,3-5H2,1-2H3. The minimum atomic E-state index is -0.189. The molecule has 0 radical (unpaired) electrons. The molecule has 0 bridgehead atoms. The molecular formula is C8H15ClO2. The van der Waals surface area contributed by atoms with Crippen molar-refractivity contribution in [1.29, 1.82) is 0 Å². The van der Waals surface area contributed by atoms with Crippen molar-refractivity contribution >= 4 is 11.6 Å². The molecule has 2 atom stereocenters. The van der Waals surface area contributed by atoms with Crippen LogP contribution in [0, 0.1) is 0 Å². The van der Waals surface area contributed by atoms with Crippen LogP contribution < -0.4 is 0 Å². The maximum Gasteiger partial charge on any atom is 0.174 e. The highest BCUT2D eigenvalue weighted by Crippen LogP contribution is 2.21. The molecule has 0 amide bonds. The molecule has 0 saturated carbocycles. The molecule has 1 saturated heterocycles. The predicted molar refractivity (Wildman–Crippen MR) is 44.8 cm³/mol. The fourth-order valence-corrected chi connectivity index (χ4v) is 1.40. The van der Waals surface area contributed by atoms with Crippen LogP contribution >= 0.6 is 11.6 Å². The molecule has 1 heterocycles. The van der Waals surface area contributed by atoms with Crippen LogP contribution in [0.5, 0.6) is 0 Å². The summed E-state index contributed by atoms with van der Waals surface area (Å²) in [6, 6.07) is 0. The Bertz CT molecular complexity index is 117. The van der Waals surface area contributed by atoms with Crippen LogP contribution in [0.25, 0.3) is 0 Å². The summed E-state index contributed by atoms with van der Waals surface area (Å²) in [6.45, 7) is 4.75. The van der Waals surface area contributed by atoms with E-state index in [9.17, 15) is 0 Å². The van der Waals surface area contributed by atoms with Gasteiger partial charge in [0.1, 0.15) is 0 Å². The molecule has 2 unspecified atom stereocenters. The zero-order valence-electron chi connectivity index (χ0n) is 7.05. The van der Waals surface area contributed by atoms with Crippen molar-refractivity contribution in [3.05, 3.63) is 0 Å². The summed E-state index contributed by atoms with van der Waals surface area (Å²) in [5, 5.41) is 0.0335. The van der Waals surface area contributed by atoms with Gasteiger partial charge in [-0.05, 0) is 26.7 Å². The first-order valence-electron chi connectivity index (χ1n) is 4.11. The number of alkyl halides is 1. The van der Waals surface area contributed by atoms with Gasteiger partial charge < -0.3 is 9.47 Å². The molecule has 0 aromatic carbocycles. The topological polar surface area (TPSA) is 18.5 Å². The number of hydrogen-bond donors (Lipinski definition) is 0. The van der Waals surface area contributed by atoms with E-state index < -0.39 is 0 Å². The molecule has 66 valence electrons. The lowest BCUT2D eigenvalue weighted by molar-refractivity contribution is -0.177. The first-order valence-corrected chi connectivity index (χ1v) is 4.55. The minimum absolute atomic E-state index is 0.0335. The Morgan fingerprint density at radius 1 is 1.55 bits per heavy atom. The van der Waals surface area contributed by atoms with Gasteiger partial charge in [-0.3, -0.25) is 0 Å². The van der Waals surface area contributed by atoms with E-state index in [1.807, 2.05) is 13.8 Å². The van der Waals surface area contributed by atoms with Gasteiger partial charge in [-0.2, -0.15) is 0 Å². The predicted octanol–water partition coefficient (Wildman–Crippen LogP) is 2.16. The monoisotopic (exact) mass is 178 g/mol. The summed E-state index contributed by atoms with van der Waals surface area (Å²) in [4.78, 5) is 0. The maximum absolute atomic E-state index is 5.98. The summed E-state index contributed by atoms with van der Waals surface area (Å²) in [5.41, 5.74) is 0. The van der Waals surface area contributed by atoms with Crippen LogP contribution in [0.4, 0.5) is 0 Å². The SMILES string of the molecule is CC(C)OC1OCCCC1Cl. The Hall–Kier alpha value is 0.210. The molecule has 1 aliphatic rings. The largest absolute Gasteiger partial charge is 0.351 e. The van der Waals surface area contributed by atoms with Gasteiger partial charge >= 0.3 is 0 Å². The second-order valence-corrected chi connectivity index (χ2v) is 3.64. The molecule has 0 aliphatic carbocycles. The van der Waals surface area contributed by atoms with Crippen molar-refractivity contribution < 1.29 is 9.47 Å². The third-order valence-electron chi connectivity index (χ3n) is 1.61. The maximum atomic E-state index is 5.98. The van der Waals surface area contributed by atoms with Crippen LogP contribution in [0.15, 0.2) is 0 Å². The van der Waals surface area contributed by atoms with Gasteiger partial charge in [0.15, 0.2) is 6.29 Å². The van der Waals surface area contributed by atoms with Crippen molar-refractivity contribution in [2.45, 2.75) is 44.5 Å². The Morgan fingerprint density at radius 2 is 2.27 bits per heavy atom. The molecule has 1 fully saturated rings. The first kappa shape index (κ1) is 9.30. The fourth-order valence-electron chi connectivity index (χ4n) is 1.11. The highest BCUT2D eigenvalue weighted by molar-refractivity contribution is 6.20. The van der Waals surface area contributed by atoms with Gasteiger partial charge in [0.25, 0.3) is 0 Å². The van der Waals surface area contributed by atoms with E-state index in [2.05, 4.69) is 0 Å². The van der Waals surface area contributed by atoms with Crippen LogP contribution in [0.1, 0.15) is 26.7 Å². The van der Waals surface area contributed by atoms with Gasteiger partial charge in [0.05, 0.1) is 11.5 Å². The van der Waals surface area contributed by atoms with Crippen molar-refractivity contribution in [2.75, 3.05) is 6.61 Å². The van der Waals surface area contributed by atoms with E-state index in [0.29, 0.717) is 0 Å². The van der Waals surface area contributed by atoms with Crippen LogP contribution in [-0.4, -0.2) is 24.4 Å². The van der Waals surface area contributed by atoms with E-state index in [1.54, 1.807) is 0 Å². The van der Waals surface area contributed by atoms with E-state index in [1.165, 1.54) is 0 Å². The van der Waals surface area contributed by atoms with E-state index in [0.717, 1.165) is 19.4 Å². The van der Waals surface area contributed by atoms with Crippen LogP contribution in [0.3, 0.4) is 0 Å². The van der Waals surface area contributed by atoms with Gasteiger partial charge in [0.2, 0.25) is 0 Å². The lowest BCUT2D eigenvalue weighted by Crippen LogP contribution is -2.34. The number of hydrogen-bond acceptors (Lipinski definition) is 2. The number of rotatable bonds is 2. The van der Waals surface area contributed by atoms with Crippen molar-refractivity contribution in [3.8, 4) is 0 Å². The highest BCUT2D eigenvalue weighted by atomic mass is 35.5. The first-order chi connectivity index (χ1) is 5.20. The lowest BCUT2D eigenvalue weighted by atomic mass is 10.2. The number of ether oxygens (including phenoxy) is 2. The Morgan fingerprint density at radius 3 is 2.82 bits per heavy atom. The molecule has 0 aromatic heterocycles. The van der Waals surface area contributed by atoms with E-state index in [4.69, 9.17) is 21.1 Å². The third-order valence-corrected chi connectivity index (χ3v) is 2.03. The van der Waals surface area contributed by atoms with Crippen LogP contribution in [0.2, 0.25) is 0 Å². The summed E-state index contributed by atoms with van der Waals surface area (Å²) < 4.78 is 10.8. The molecule has 0 spiro atoms. The fraction of sp³-hybridized carbons (Fsp3) is 1.00. The normalized spacial score (nSPS) is 32.7. The van der Waals surface area contributed by atoms with Gasteiger partial charge in [0, 0.05) is 6.61 Å². The summed E-state index contributed by atoms with van der Waals surface area (Å²) in [6.07, 6.45) is 2.05. The average molecular weight is 179 g/mol. The highest BCUT2D eigenvalue weighted by Gasteiger charge is 2.25. The molecule has 1 rings (SSSR count).